The van der Waals surface area contributed by atoms with E-state index in [0.29, 0.717) is 0 Å². The molecule has 0 aliphatic heterocycles. The summed E-state index contributed by atoms with van der Waals surface area (Å²) in [5, 5.41) is 24.5. The molecule has 13 nitrogen and oxygen atoms in total. The third-order valence-corrected chi connectivity index (χ3v) is 4.03. The van der Waals surface area contributed by atoms with Crippen molar-refractivity contribution in [1.29, 1.82) is 0 Å². The first-order valence-electron chi connectivity index (χ1n) is 9.15. The van der Waals surface area contributed by atoms with Gasteiger partial charge in [0.25, 0.3) is 0 Å². The molecule has 4 amide bonds. The number of hydrogen-bond donors (Lipinski definition) is 7. The Kier molecular flexibility index (Phi) is 11.0. The summed E-state index contributed by atoms with van der Waals surface area (Å²) in [4.78, 5) is 69.6. The smallest absolute Gasteiger partial charge is 0.326 e. The molecule has 9 N–H and O–H groups in total. The molecule has 0 aromatic heterocycles. The lowest BCUT2D eigenvalue weighted by Gasteiger charge is -2.23. The molecule has 0 fully saturated rings. The molecule has 0 radical (unpaired) electrons. The zero-order chi connectivity index (χ0) is 23.6. The first-order valence-corrected chi connectivity index (χ1v) is 9.15. The lowest BCUT2D eigenvalue weighted by Crippen LogP contribution is -2.57. The fourth-order valence-corrected chi connectivity index (χ4v) is 2.27. The summed E-state index contributed by atoms with van der Waals surface area (Å²) < 4.78 is 0. The van der Waals surface area contributed by atoms with Crippen molar-refractivity contribution in [3.8, 4) is 0 Å². The zero-order valence-electron chi connectivity index (χ0n) is 17.0. The molecule has 0 bridgehead atoms. The number of amides is 4. The highest BCUT2D eigenvalue weighted by molar-refractivity contribution is 5.96. The normalized spacial score (nSPS) is 14.7. The Balaban J connectivity index is 5.07. The molecule has 0 aliphatic carbocycles. The summed E-state index contributed by atoms with van der Waals surface area (Å²) in [6.07, 6.45) is -1.17. The van der Waals surface area contributed by atoms with Gasteiger partial charge in [-0.1, -0.05) is 13.8 Å². The van der Waals surface area contributed by atoms with E-state index in [0.717, 1.165) is 0 Å². The number of hydrogen-bond acceptors (Lipinski definition) is 7. The molecular weight excluding hydrogens is 402 g/mol. The van der Waals surface area contributed by atoms with Crippen molar-refractivity contribution in [2.24, 2.45) is 17.4 Å². The number of nitrogens with one attached hydrogen (secondary N) is 3. The van der Waals surface area contributed by atoms with Gasteiger partial charge in [-0.2, -0.15) is 0 Å². The molecule has 0 aromatic rings. The Morgan fingerprint density at radius 2 is 1.43 bits per heavy atom. The van der Waals surface area contributed by atoms with Gasteiger partial charge in [0.1, 0.15) is 18.1 Å². The molecule has 0 aromatic carbocycles. The Morgan fingerprint density at radius 3 is 1.87 bits per heavy atom. The lowest BCUT2D eigenvalue weighted by molar-refractivity contribution is -0.143. The minimum Gasteiger partial charge on any atom is -0.481 e. The van der Waals surface area contributed by atoms with Gasteiger partial charge in [-0.05, 0) is 19.3 Å². The van der Waals surface area contributed by atoms with E-state index in [1.807, 2.05) is 0 Å². The predicted octanol–water partition coefficient (Wildman–Crippen LogP) is -2.73. The molecule has 0 rings (SSSR count). The number of primary amides is 1. The van der Waals surface area contributed by atoms with E-state index >= 15 is 0 Å². The quantitative estimate of drug-likeness (QED) is 0.160. The van der Waals surface area contributed by atoms with Crippen LogP contribution in [0.5, 0.6) is 0 Å². The molecule has 170 valence electrons. The van der Waals surface area contributed by atoms with Crippen molar-refractivity contribution in [1.82, 2.24) is 16.0 Å². The van der Waals surface area contributed by atoms with Crippen molar-refractivity contribution >= 4 is 35.6 Å². The topological polar surface area (TPSA) is 231 Å². The molecule has 0 spiro atoms. The molecule has 13 heteroatoms. The van der Waals surface area contributed by atoms with Crippen molar-refractivity contribution < 1.29 is 39.0 Å². The first-order chi connectivity index (χ1) is 13.8. The highest BCUT2D eigenvalue weighted by Crippen LogP contribution is 2.03. The maximum atomic E-state index is 12.4. The maximum absolute atomic E-state index is 12.4. The van der Waals surface area contributed by atoms with Gasteiger partial charge in [0.2, 0.25) is 23.6 Å². The fraction of sp³-hybridized carbons (Fsp3) is 0.647. The van der Waals surface area contributed by atoms with Crippen LogP contribution in [0.3, 0.4) is 0 Å². The van der Waals surface area contributed by atoms with E-state index < -0.39 is 72.1 Å². The standard InChI is InChI=1S/C17H29N5O8/c1-7(2)13(17(29)30)22-14(26)8(3)20-16(28)10(6-11(19)23)21-15(27)9(18)4-5-12(24)25/h7-10,13H,4-6,18H2,1-3H3,(H2,19,23)(H,20,28)(H,21,27)(H,22,26)(H,24,25)(H,29,30). The molecule has 4 unspecified atom stereocenters. The highest BCUT2D eigenvalue weighted by Gasteiger charge is 2.30. The van der Waals surface area contributed by atoms with Crippen LogP contribution >= 0.6 is 0 Å². The van der Waals surface area contributed by atoms with Crippen LogP contribution < -0.4 is 27.4 Å². The SMILES string of the molecule is CC(NC(=O)C(CC(N)=O)NC(=O)C(N)CCC(=O)O)C(=O)NC(C(=O)O)C(C)C. The Labute approximate surface area is 172 Å². The van der Waals surface area contributed by atoms with Gasteiger partial charge in [-0.25, -0.2) is 4.79 Å². The summed E-state index contributed by atoms with van der Waals surface area (Å²) in [7, 11) is 0. The second kappa shape index (κ2) is 12.4. The second-order valence-electron chi connectivity index (χ2n) is 7.07. The predicted molar refractivity (Wildman–Crippen MR) is 103 cm³/mol. The van der Waals surface area contributed by atoms with Crippen LogP contribution in [0.4, 0.5) is 0 Å². The average Bonchev–Trinajstić information content (AvgIpc) is 2.61. The van der Waals surface area contributed by atoms with E-state index in [9.17, 15) is 28.8 Å². The largest absolute Gasteiger partial charge is 0.481 e. The zero-order valence-corrected chi connectivity index (χ0v) is 17.0. The van der Waals surface area contributed by atoms with E-state index in [1.54, 1.807) is 13.8 Å². The maximum Gasteiger partial charge on any atom is 0.326 e. The van der Waals surface area contributed by atoms with Gasteiger partial charge < -0.3 is 37.6 Å². The van der Waals surface area contributed by atoms with E-state index in [-0.39, 0.29) is 12.8 Å². The number of carboxylic acid groups (broad SMARTS) is 2. The van der Waals surface area contributed by atoms with Gasteiger partial charge in [0.05, 0.1) is 12.5 Å². The average molecular weight is 431 g/mol. The van der Waals surface area contributed by atoms with Crippen molar-refractivity contribution in [3.63, 3.8) is 0 Å². The minimum absolute atomic E-state index is 0.198. The second-order valence-corrected chi connectivity index (χ2v) is 7.07. The Bertz CT molecular complexity index is 681. The molecule has 0 aliphatic rings. The summed E-state index contributed by atoms with van der Waals surface area (Å²) in [5.41, 5.74) is 10.6. The number of carbonyl (C=O) groups excluding carboxylic acids is 4. The van der Waals surface area contributed by atoms with Crippen LogP contribution in [0, 0.1) is 5.92 Å². The number of carbonyl (C=O) groups is 6. The van der Waals surface area contributed by atoms with Crippen LogP contribution in [-0.2, 0) is 28.8 Å². The highest BCUT2D eigenvalue weighted by atomic mass is 16.4. The first kappa shape index (κ1) is 26.8. The molecule has 4 atom stereocenters. The Morgan fingerprint density at radius 1 is 0.867 bits per heavy atom. The van der Waals surface area contributed by atoms with Crippen LogP contribution in [0.2, 0.25) is 0 Å². The van der Waals surface area contributed by atoms with E-state index in [1.165, 1.54) is 6.92 Å². The number of carboxylic acids is 2. The van der Waals surface area contributed by atoms with Crippen molar-refractivity contribution in [2.45, 2.75) is 64.2 Å². The third-order valence-electron chi connectivity index (χ3n) is 4.03. The summed E-state index contributed by atoms with van der Waals surface area (Å²) in [6.45, 7) is 4.47. The lowest BCUT2D eigenvalue weighted by atomic mass is 10.0. The molecule has 0 saturated heterocycles. The Hall–Kier alpha value is -3.22. The van der Waals surface area contributed by atoms with Crippen LogP contribution in [-0.4, -0.2) is 69.9 Å². The van der Waals surface area contributed by atoms with E-state index in [4.69, 9.17) is 21.7 Å². The van der Waals surface area contributed by atoms with Gasteiger partial charge in [-0.15, -0.1) is 0 Å². The van der Waals surface area contributed by atoms with E-state index in [2.05, 4.69) is 16.0 Å². The summed E-state index contributed by atoms with van der Waals surface area (Å²) in [6, 6.07) is -5.06. The van der Waals surface area contributed by atoms with Crippen LogP contribution in [0.25, 0.3) is 0 Å². The number of aliphatic carboxylic acids is 2. The van der Waals surface area contributed by atoms with Gasteiger partial charge >= 0.3 is 11.9 Å². The number of rotatable bonds is 13. The van der Waals surface area contributed by atoms with Gasteiger partial charge in [0.15, 0.2) is 0 Å². The third kappa shape index (κ3) is 9.82. The minimum atomic E-state index is -1.46. The van der Waals surface area contributed by atoms with Gasteiger partial charge in [-0.3, -0.25) is 24.0 Å². The van der Waals surface area contributed by atoms with Crippen LogP contribution in [0.15, 0.2) is 0 Å². The fourth-order valence-electron chi connectivity index (χ4n) is 2.27. The number of nitrogens with two attached hydrogens (primary N) is 2. The monoisotopic (exact) mass is 431 g/mol. The molecule has 0 saturated carbocycles. The summed E-state index contributed by atoms with van der Waals surface area (Å²) in [5.74, 6) is -6.32. The molecule has 0 heterocycles. The molecule has 30 heavy (non-hydrogen) atoms. The molecular formula is C17H29N5O8. The van der Waals surface area contributed by atoms with Crippen LogP contribution in [0.1, 0.15) is 40.0 Å². The van der Waals surface area contributed by atoms with Crippen molar-refractivity contribution in [3.05, 3.63) is 0 Å². The van der Waals surface area contributed by atoms with Crippen molar-refractivity contribution in [2.75, 3.05) is 0 Å². The van der Waals surface area contributed by atoms with Gasteiger partial charge in [0, 0.05) is 6.42 Å². The summed E-state index contributed by atoms with van der Waals surface area (Å²) >= 11 is 0.